The van der Waals surface area contributed by atoms with E-state index in [1.54, 1.807) is 0 Å². The van der Waals surface area contributed by atoms with Gasteiger partial charge in [0.2, 0.25) is 12.1 Å². The van der Waals surface area contributed by atoms with Gasteiger partial charge < -0.3 is 15.5 Å². The molecule has 0 aliphatic heterocycles. The second-order valence-electron chi connectivity index (χ2n) is 2.31. The highest BCUT2D eigenvalue weighted by molar-refractivity contribution is 5.95. The van der Waals surface area contributed by atoms with Crippen molar-refractivity contribution in [2.75, 3.05) is 0 Å². The Morgan fingerprint density at radius 3 is 2.46 bits per heavy atom. The van der Waals surface area contributed by atoms with Gasteiger partial charge in [0, 0.05) is 5.57 Å². The van der Waals surface area contributed by atoms with Gasteiger partial charge in [-0.3, -0.25) is 4.79 Å². The van der Waals surface area contributed by atoms with Crippen molar-refractivity contribution in [1.82, 2.24) is 5.32 Å². The Morgan fingerprint density at radius 1 is 1.54 bits per heavy atom. The van der Waals surface area contributed by atoms with Gasteiger partial charge in [0.15, 0.2) is 0 Å². The Bertz CT molecular complexity index is 247. The van der Waals surface area contributed by atoms with Gasteiger partial charge in [-0.2, -0.15) is 0 Å². The van der Waals surface area contributed by atoms with Crippen molar-refractivity contribution >= 4 is 11.9 Å². The lowest BCUT2D eigenvalue weighted by molar-refractivity contribution is -0.150. The van der Waals surface area contributed by atoms with Crippen molar-refractivity contribution in [2.45, 2.75) is 12.6 Å². The van der Waals surface area contributed by atoms with Crippen molar-refractivity contribution in [3.63, 3.8) is 0 Å². The first-order valence-corrected chi connectivity index (χ1v) is 3.49. The summed E-state index contributed by atoms with van der Waals surface area (Å²) in [5.74, 6) is -2.21. The van der Waals surface area contributed by atoms with Gasteiger partial charge in [-0.05, 0) is 6.42 Å². The van der Waals surface area contributed by atoms with Crippen molar-refractivity contribution in [3.8, 4) is 0 Å². The number of aliphatic carboxylic acids is 1. The van der Waals surface area contributed by atoms with Crippen LogP contribution in [0, 0.1) is 0 Å². The van der Waals surface area contributed by atoms with Crippen LogP contribution in [0.1, 0.15) is 6.42 Å². The Morgan fingerprint density at radius 2 is 2.08 bits per heavy atom. The van der Waals surface area contributed by atoms with Crippen LogP contribution in [0.3, 0.4) is 0 Å². The predicted octanol–water partition coefficient (Wildman–Crippen LogP) is -0.362. The Labute approximate surface area is 75.4 Å². The van der Waals surface area contributed by atoms with Gasteiger partial charge in [0.1, 0.15) is 0 Å². The summed E-state index contributed by atoms with van der Waals surface area (Å²) in [5.41, 5.74) is 0.148. The summed E-state index contributed by atoms with van der Waals surface area (Å²) < 4.78 is 0. The highest BCUT2D eigenvalue weighted by Gasteiger charge is 2.16. The van der Waals surface area contributed by atoms with Crippen LogP contribution in [0.5, 0.6) is 0 Å². The van der Waals surface area contributed by atoms with Gasteiger partial charge in [-0.1, -0.05) is 12.7 Å². The summed E-state index contributed by atoms with van der Waals surface area (Å²) in [7, 11) is 0. The van der Waals surface area contributed by atoms with E-state index in [1.165, 1.54) is 6.08 Å². The molecule has 13 heavy (non-hydrogen) atoms. The first kappa shape index (κ1) is 11.4. The number of hydrogen-bond donors (Lipinski definition) is 3. The minimum atomic E-state index is -1.89. The van der Waals surface area contributed by atoms with E-state index in [-0.39, 0.29) is 12.0 Å². The molecular weight excluding hydrogens is 174 g/mol. The number of carboxylic acid groups (broad SMARTS) is 1. The minimum absolute atomic E-state index is 0.148. The molecule has 3 N–H and O–H groups in total. The molecule has 1 unspecified atom stereocenters. The molecule has 0 aromatic carbocycles. The maximum absolute atomic E-state index is 11.0. The normalized spacial score (nSPS) is 11.5. The molecule has 0 rings (SSSR count). The summed E-state index contributed by atoms with van der Waals surface area (Å²) in [6.45, 7) is 6.75. The number of allylic oxidation sites excluding steroid dienone is 1. The van der Waals surface area contributed by atoms with Gasteiger partial charge in [-0.25, -0.2) is 4.79 Å². The first-order valence-electron chi connectivity index (χ1n) is 3.49. The zero-order valence-electron chi connectivity index (χ0n) is 6.99. The molecule has 72 valence electrons. The lowest BCUT2D eigenvalue weighted by atomic mass is 10.2. The molecule has 0 saturated carbocycles. The van der Waals surface area contributed by atoms with Gasteiger partial charge in [0.05, 0.1) is 0 Å². The highest BCUT2D eigenvalue weighted by atomic mass is 16.4. The number of nitrogens with one attached hydrogen (secondary N) is 1. The summed E-state index contributed by atoms with van der Waals surface area (Å²) in [5, 5.41) is 18.8. The van der Waals surface area contributed by atoms with E-state index in [1.807, 2.05) is 5.32 Å². The number of aliphatic hydroxyl groups is 1. The smallest absolute Gasteiger partial charge is 0.353 e. The first-order chi connectivity index (χ1) is 5.99. The van der Waals surface area contributed by atoms with Crippen molar-refractivity contribution in [2.24, 2.45) is 0 Å². The van der Waals surface area contributed by atoms with Gasteiger partial charge in [0.25, 0.3) is 0 Å². The molecule has 0 saturated heterocycles. The lowest BCUT2D eigenvalue weighted by Crippen LogP contribution is -2.40. The number of carbonyl (C=O) groups excluding carboxylic acids is 1. The number of carbonyl (C=O) groups is 2. The second kappa shape index (κ2) is 5.10. The minimum Gasteiger partial charge on any atom is -0.478 e. The quantitative estimate of drug-likeness (QED) is 0.310. The topological polar surface area (TPSA) is 86.6 Å². The SMILES string of the molecule is C=CCC(=C)C(=O)NC(O)C(=O)O. The maximum Gasteiger partial charge on any atom is 0.353 e. The van der Waals surface area contributed by atoms with Gasteiger partial charge in [-0.15, -0.1) is 6.58 Å². The van der Waals surface area contributed by atoms with Crippen LogP contribution in [-0.4, -0.2) is 28.3 Å². The van der Waals surface area contributed by atoms with Crippen LogP contribution in [0.15, 0.2) is 24.8 Å². The molecule has 0 spiro atoms. The zero-order valence-corrected chi connectivity index (χ0v) is 6.99. The molecule has 5 heteroatoms. The molecule has 0 aromatic heterocycles. The Hall–Kier alpha value is -1.62. The summed E-state index contributed by atoms with van der Waals surface area (Å²) in [4.78, 5) is 21.1. The summed E-state index contributed by atoms with van der Waals surface area (Å²) in [6, 6.07) is 0. The summed E-state index contributed by atoms with van der Waals surface area (Å²) >= 11 is 0. The fourth-order valence-corrected chi connectivity index (χ4v) is 0.555. The largest absolute Gasteiger partial charge is 0.478 e. The molecule has 0 aliphatic rings. The molecular formula is C8H11NO4. The summed E-state index contributed by atoms with van der Waals surface area (Å²) in [6.07, 6.45) is -0.193. The fraction of sp³-hybridized carbons (Fsp3) is 0.250. The molecule has 0 aliphatic carbocycles. The monoisotopic (exact) mass is 185 g/mol. The molecule has 0 bridgehead atoms. The number of rotatable bonds is 5. The van der Waals surface area contributed by atoms with E-state index in [0.717, 1.165) is 0 Å². The molecule has 0 fully saturated rings. The van der Waals surface area contributed by atoms with Gasteiger partial charge >= 0.3 is 5.97 Å². The third kappa shape index (κ3) is 4.07. The molecule has 1 atom stereocenters. The number of hydrogen-bond acceptors (Lipinski definition) is 3. The van der Waals surface area contributed by atoms with Crippen LogP contribution in [0.4, 0.5) is 0 Å². The van der Waals surface area contributed by atoms with Crippen molar-refractivity contribution < 1.29 is 19.8 Å². The number of aliphatic hydroxyl groups excluding tert-OH is 1. The van der Waals surface area contributed by atoms with E-state index in [2.05, 4.69) is 13.2 Å². The average Bonchev–Trinajstić information content (AvgIpc) is 2.04. The van der Waals surface area contributed by atoms with Crippen LogP contribution < -0.4 is 5.32 Å². The Balaban J connectivity index is 4.07. The van der Waals surface area contributed by atoms with E-state index in [0.29, 0.717) is 0 Å². The molecule has 0 radical (unpaired) electrons. The molecule has 0 aromatic rings. The Kier molecular flexibility index (Phi) is 4.47. The molecule has 0 heterocycles. The van der Waals surface area contributed by atoms with E-state index >= 15 is 0 Å². The molecule has 5 nitrogen and oxygen atoms in total. The third-order valence-electron chi connectivity index (χ3n) is 1.21. The van der Waals surface area contributed by atoms with E-state index < -0.39 is 18.1 Å². The van der Waals surface area contributed by atoms with E-state index in [4.69, 9.17) is 10.2 Å². The zero-order chi connectivity index (χ0) is 10.4. The van der Waals surface area contributed by atoms with E-state index in [9.17, 15) is 9.59 Å². The second-order valence-corrected chi connectivity index (χ2v) is 2.31. The maximum atomic E-state index is 11.0. The highest BCUT2D eigenvalue weighted by Crippen LogP contribution is 1.98. The standard InChI is InChI=1S/C8H11NO4/c1-3-4-5(2)6(10)9-7(11)8(12)13/h3,7,11H,1-2,4H2,(H,9,10)(H,12,13). The number of carboxylic acids is 1. The average molecular weight is 185 g/mol. The van der Waals surface area contributed by atoms with Crippen LogP contribution >= 0.6 is 0 Å². The third-order valence-corrected chi connectivity index (χ3v) is 1.21. The van der Waals surface area contributed by atoms with Crippen LogP contribution in [0.25, 0.3) is 0 Å². The predicted molar refractivity (Wildman–Crippen MR) is 45.7 cm³/mol. The fourth-order valence-electron chi connectivity index (χ4n) is 0.555. The molecule has 1 amide bonds. The number of amides is 1. The van der Waals surface area contributed by atoms with Crippen molar-refractivity contribution in [3.05, 3.63) is 24.8 Å². The van der Waals surface area contributed by atoms with Crippen molar-refractivity contribution in [1.29, 1.82) is 0 Å². The van der Waals surface area contributed by atoms with Crippen LogP contribution in [0.2, 0.25) is 0 Å². The lowest BCUT2D eigenvalue weighted by Gasteiger charge is -2.08. The van der Waals surface area contributed by atoms with Crippen LogP contribution in [-0.2, 0) is 9.59 Å².